The van der Waals surface area contributed by atoms with Crippen LogP contribution in [0.25, 0.3) is 0 Å². The molecule has 21 heavy (non-hydrogen) atoms. The molecule has 3 heteroatoms. The lowest BCUT2D eigenvalue weighted by Crippen LogP contribution is -2.24. The van der Waals surface area contributed by atoms with Crippen LogP contribution < -0.4 is 4.74 Å². The van der Waals surface area contributed by atoms with Gasteiger partial charge in [-0.1, -0.05) is 19.8 Å². The minimum absolute atomic E-state index is 0.712. The molecular formula is C18H26N2O. The third-order valence-electron chi connectivity index (χ3n) is 4.44. The molecule has 1 heterocycles. The van der Waals surface area contributed by atoms with Crippen LogP contribution in [-0.4, -0.2) is 25.1 Å². The third-order valence-corrected chi connectivity index (χ3v) is 4.44. The summed E-state index contributed by atoms with van der Waals surface area (Å²) in [5, 5.41) is 9.07. The molecule has 0 spiro atoms. The maximum absolute atomic E-state index is 9.07. The Balaban J connectivity index is 2.02. The molecule has 0 aliphatic carbocycles. The summed E-state index contributed by atoms with van der Waals surface area (Å²) in [6.45, 7) is 5.48. The number of nitriles is 1. The van der Waals surface area contributed by atoms with Crippen LogP contribution in [0.15, 0.2) is 18.2 Å². The number of hydrogen-bond donors (Lipinski definition) is 0. The van der Waals surface area contributed by atoms with Crippen LogP contribution >= 0.6 is 0 Å². The van der Waals surface area contributed by atoms with E-state index < -0.39 is 0 Å². The fraction of sp³-hybridized carbons (Fsp3) is 0.611. The van der Waals surface area contributed by atoms with E-state index in [1.165, 1.54) is 32.1 Å². The van der Waals surface area contributed by atoms with Gasteiger partial charge in [0.2, 0.25) is 0 Å². The highest BCUT2D eigenvalue weighted by molar-refractivity contribution is 5.42. The Kier molecular flexibility index (Phi) is 6.07. The van der Waals surface area contributed by atoms with Crippen LogP contribution in [0.1, 0.15) is 50.2 Å². The van der Waals surface area contributed by atoms with Crippen LogP contribution in [-0.2, 0) is 6.54 Å². The zero-order chi connectivity index (χ0) is 15.1. The van der Waals surface area contributed by atoms with E-state index >= 15 is 0 Å². The molecule has 1 atom stereocenters. The Morgan fingerprint density at radius 2 is 2.19 bits per heavy atom. The summed E-state index contributed by atoms with van der Waals surface area (Å²) in [5.41, 5.74) is 1.84. The molecule has 0 aromatic heterocycles. The third kappa shape index (κ3) is 4.47. The van der Waals surface area contributed by atoms with Gasteiger partial charge in [0.1, 0.15) is 5.75 Å². The number of likely N-dealkylation sites (tertiary alicyclic amines) is 1. The number of ether oxygens (including phenoxy) is 1. The van der Waals surface area contributed by atoms with E-state index in [1.807, 2.05) is 18.2 Å². The second kappa shape index (κ2) is 8.05. The average Bonchev–Trinajstić information content (AvgIpc) is 2.73. The molecule has 1 aromatic rings. The van der Waals surface area contributed by atoms with Crippen LogP contribution in [0, 0.1) is 17.2 Å². The number of methoxy groups -OCH3 is 1. The predicted molar refractivity (Wildman–Crippen MR) is 85.2 cm³/mol. The van der Waals surface area contributed by atoms with Crippen molar-refractivity contribution in [1.82, 2.24) is 4.90 Å². The highest BCUT2D eigenvalue weighted by atomic mass is 16.5. The minimum atomic E-state index is 0.712. The zero-order valence-electron chi connectivity index (χ0n) is 13.3. The van der Waals surface area contributed by atoms with E-state index in [1.54, 1.807) is 7.11 Å². The van der Waals surface area contributed by atoms with Crippen molar-refractivity contribution < 1.29 is 4.74 Å². The van der Waals surface area contributed by atoms with Crippen LogP contribution in [0.5, 0.6) is 5.75 Å². The van der Waals surface area contributed by atoms with Crippen molar-refractivity contribution in [2.45, 2.75) is 45.6 Å². The van der Waals surface area contributed by atoms with Gasteiger partial charge in [-0.25, -0.2) is 0 Å². The molecule has 1 fully saturated rings. The highest BCUT2D eigenvalue weighted by Gasteiger charge is 2.17. The first kappa shape index (κ1) is 15.9. The molecule has 1 aromatic carbocycles. The van der Waals surface area contributed by atoms with Gasteiger partial charge in [0.05, 0.1) is 18.7 Å². The molecule has 0 N–H and O–H groups in total. The van der Waals surface area contributed by atoms with Gasteiger partial charge < -0.3 is 4.74 Å². The summed E-state index contributed by atoms with van der Waals surface area (Å²) in [6.07, 6.45) is 6.60. The van der Waals surface area contributed by atoms with Crippen LogP contribution in [0.3, 0.4) is 0 Å². The lowest BCUT2D eigenvalue weighted by Gasteiger charge is -2.21. The molecule has 3 nitrogen and oxygen atoms in total. The molecular weight excluding hydrogens is 260 g/mol. The minimum Gasteiger partial charge on any atom is -0.496 e. The quantitative estimate of drug-likeness (QED) is 0.821. The standard InChI is InChI=1S/C18H26N2O/c1-3-5-15-6-4-10-20(11-9-15)14-17-12-16(13-19)7-8-18(17)21-2/h7-8,12,15H,3-6,9-11,14H2,1-2H3. The first-order valence-corrected chi connectivity index (χ1v) is 8.06. The second-order valence-electron chi connectivity index (χ2n) is 6.00. The second-order valence-corrected chi connectivity index (χ2v) is 6.00. The van der Waals surface area contributed by atoms with Crippen molar-refractivity contribution in [1.29, 1.82) is 5.26 Å². The Labute approximate surface area is 128 Å². The number of nitrogens with zero attached hydrogens (tertiary/aromatic N) is 2. The molecule has 0 saturated carbocycles. The molecule has 0 amide bonds. The maximum Gasteiger partial charge on any atom is 0.123 e. The van der Waals surface area contributed by atoms with E-state index in [-0.39, 0.29) is 0 Å². The van der Waals surface area contributed by atoms with Gasteiger partial charge in [0.25, 0.3) is 0 Å². The van der Waals surface area contributed by atoms with Crippen LogP contribution in [0.2, 0.25) is 0 Å². The normalized spacial score (nSPS) is 19.8. The number of rotatable bonds is 5. The van der Waals surface area contributed by atoms with Crippen molar-refractivity contribution in [2.75, 3.05) is 20.2 Å². The molecule has 1 aliphatic heterocycles. The van der Waals surface area contributed by atoms with E-state index in [4.69, 9.17) is 10.00 Å². The van der Waals surface area contributed by atoms with Gasteiger partial charge >= 0.3 is 0 Å². The van der Waals surface area contributed by atoms with Crippen molar-refractivity contribution in [2.24, 2.45) is 5.92 Å². The van der Waals surface area contributed by atoms with E-state index in [9.17, 15) is 0 Å². The summed E-state index contributed by atoms with van der Waals surface area (Å²) < 4.78 is 5.44. The highest BCUT2D eigenvalue weighted by Crippen LogP contribution is 2.26. The Morgan fingerprint density at radius 3 is 2.90 bits per heavy atom. The summed E-state index contributed by atoms with van der Waals surface area (Å²) in [6, 6.07) is 7.91. The Hall–Kier alpha value is -1.53. The van der Waals surface area contributed by atoms with Gasteiger partial charge in [0, 0.05) is 12.1 Å². The fourth-order valence-corrected chi connectivity index (χ4v) is 3.29. The molecule has 1 aliphatic rings. The lowest BCUT2D eigenvalue weighted by atomic mass is 9.96. The average molecular weight is 286 g/mol. The molecule has 0 bridgehead atoms. The lowest BCUT2D eigenvalue weighted by molar-refractivity contribution is 0.266. The predicted octanol–water partition coefficient (Wildman–Crippen LogP) is 3.97. The monoisotopic (exact) mass is 286 g/mol. The molecule has 1 saturated heterocycles. The summed E-state index contributed by atoms with van der Waals surface area (Å²) in [7, 11) is 1.70. The zero-order valence-corrected chi connectivity index (χ0v) is 13.3. The van der Waals surface area contributed by atoms with Gasteiger partial charge in [-0.15, -0.1) is 0 Å². The smallest absolute Gasteiger partial charge is 0.123 e. The molecule has 114 valence electrons. The van der Waals surface area contributed by atoms with E-state index in [0.717, 1.165) is 36.9 Å². The topological polar surface area (TPSA) is 36.3 Å². The fourth-order valence-electron chi connectivity index (χ4n) is 3.29. The summed E-state index contributed by atoms with van der Waals surface area (Å²) >= 11 is 0. The van der Waals surface area contributed by atoms with Crippen molar-refractivity contribution in [3.8, 4) is 11.8 Å². The Bertz CT molecular complexity index is 492. The van der Waals surface area contributed by atoms with Crippen molar-refractivity contribution in [3.05, 3.63) is 29.3 Å². The molecule has 2 rings (SSSR count). The van der Waals surface area contributed by atoms with E-state index in [0.29, 0.717) is 5.56 Å². The molecule has 0 radical (unpaired) electrons. The first-order chi connectivity index (χ1) is 10.3. The van der Waals surface area contributed by atoms with Gasteiger partial charge in [-0.2, -0.15) is 5.26 Å². The summed E-state index contributed by atoms with van der Waals surface area (Å²) in [5.74, 6) is 1.79. The van der Waals surface area contributed by atoms with E-state index in [2.05, 4.69) is 17.9 Å². The van der Waals surface area contributed by atoms with Gasteiger partial charge in [-0.3, -0.25) is 4.90 Å². The van der Waals surface area contributed by atoms with Crippen molar-refractivity contribution in [3.63, 3.8) is 0 Å². The number of benzene rings is 1. The first-order valence-electron chi connectivity index (χ1n) is 8.06. The Morgan fingerprint density at radius 1 is 1.33 bits per heavy atom. The SMILES string of the molecule is CCCC1CCCN(Cc2cc(C#N)ccc2OC)CC1. The van der Waals surface area contributed by atoms with Crippen molar-refractivity contribution >= 4 is 0 Å². The summed E-state index contributed by atoms with van der Waals surface area (Å²) in [4.78, 5) is 2.51. The largest absolute Gasteiger partial charge is 0.496 e. The van der Waals surface area contributed by atoms with Gasteiger partial charge in [0.15, 0.2) is 0 Å². The maximum atomic E-state index is 9.07. The molecule has 1 unspecified atom stereocenters. The number of hydrogen-bond acceptors (Lipinski definition) is 3. The van der Waals surface area contributed by atoms with Gasteiger partial charge in [-0.05, 0) is 56.5 Å². The van der Waals surface area contributed by atoms with Crippen LogP contribution in [0.4, 0.5) is 0 Å².